The van der Waals surface area contributed by atoms with Crippen LogP contribution in [0.3, 0.4) is 0 Å². The van der Waals surface area contributed by atoms with Gasteiger partial charge in [0.25, 0.3) is 11.5 Å². The Kier molecular flexibility index (Phi) is 12.9. The molecular weight excluding hydrogens is 717 g/mol. The highest BCUT2D eigenvalue weighted by molar-refractivity contribution is 6.07. The molecule has 1 aromatic heterocycles. The number of alkyl halides is 3. The van der Waals surface area contributed by atoms with E-state index < -0.39 is 64.8 Å². The van der Waals surface area contributed by atoms with Crippen molar-refractivity contribution in [3.05, 3.63) is 125 Å². The number of aromatic nitrogens is 1. The minimum Gasteiger partial charge on any atom is -0.459 e. The Labute approximate surface area is 318 Å². The number of hydrogen-bond donors (Lipinski definition) is 1. The predicted octanol–water partition coefficient (Wildman–Crippen LogP) is 7.84. The molecule has 0 aliphatic carbocycles. The Morgan fingerprint density at radius 3 is 1.71 bits per heavy atom. The van der Waals surface area contributed by atoms with E-state index in [2.05, 4.69) is 10.3 Å². The Bertz CT molecular complexity index is 1990. The molecule has 0 spiro atoms. The zero-order valence-corrected chi connectivity index (χ0v) is 32.0. The number of hydrogen-bond acceptors (Lipinski definition) is 9. The van der Waals surface area contributed by atoms with Crippen LogP contribution in [0.1, 0.15) is 84.8 Å². The number of esters is 3. The average Bonchev–Trinajstić information content (AvgIpc) is 3.09. The lowest BCUT2D eigenvalue weighted by Gasteiger charge is -2.34. The van der Waals surface area contributed by atoms with Crippen molar-refractivity contribution in [2.24, 2.45) is 0 Å². The third kappa shape index (κ3) is 10.2. The van der Waals surface area contributed by atoms with E-state index in [0.29, 0.717) is 11.1 Å². The van der Waals surface area contributed by atoms with Crippen molar-refractivity contribution in [2.75, 3.05) is 7.11 Å². The van der Waals surface area contributed by atoms with Gasteiger partial charge in [-0.05, 0) is 59.6 Å². The summed E-state index contributed by atoms with van der Waals surface area (Å²) in [6.07, 6.45) is -5.98. The van der Waals surface area contributed by atoms with Gasteiger partial charge in [-0.25, -0.2) is 14.4 Å². The monoisotopic (exact) mass is 762 g/mol. The largest absolute Gasteiger partial charge is 0.459 e. The van der Waals surface area contributed by atoms with Crippen molar-refractivity contribution >= 4 is 23.8 Å². The van der Waals surface area contributed by atoms with Crippen molar-refractivity contribution in [1.29, 1.82) is 0 Å². The molecule has 1 heterocycles. The number of benzene rings is 3. The summed E-state index contributed by atoms with van der Waals surface area (Å²) in [5.74, 6) is -4.62. The van der Waals surface area contributed by atoms with Gasteiger partial charge in [0.2, 0.25) is 0 Å². The molecule has 1 amide bonds. The molecule has 3 aromatic carbocycles. The summed E-state index contributed by atoms with van der Waals surface area (Å²) in [6.45, 7) is 11.1. The number of halogens is 3. The van der Waals surface area contributed by atoms with E-state index in [4.69, 9.17) is 18.9 Å². The van der Waals surface area contributed by atoms with Crippen molar-refractivity contribution in [3.63, 3.8) is 0 Å². The molecule has 55 heavy (non-hydrogen) atoms. The number of nitrogens with one attached hydrogen (secondary N) is 1. The molecular formula is C42H45F3N2O8. The van der Waals surface area contributed by atoms with E-state index in [1.165, 1.54) is 25.1 Å². The van der Waals surface area contributed by atoms with Gasteiger partial charge in [-0.1, -0.05) is 91.0 Å². The van der Waals surface area contributed by atoms with Crippen LogP contribution in [0.25, 0.3) is 11.1 Å². The third-order valence-electron chi connectivity index (χ3n) is 8.14. The first-order valence-corrected chi connectivity index (χ1v) is 17.4. The molecule has 1 N–H and O–H groups in total. The molecule has 0 saturated heterocycles. The van der Waals surface area contributed by atoms with Crippen LogP contribution in [0, 0.1) is 6.92 Å². The third-order valence-corrected chi connectivity index (χ3v) is 8.14. The first kappa shape index (κ1) is 42.2. The molecule has 0 saturated carbocycles. The van der Waals surface area contributed by atoms with Gasteiger partial charge in [0, 0.05) is 24.7 Å². The number of rotatable bonds is 12. The number of aryl methyl sites for hydroxylation is 1. The number of pyridine rings is 1. The van der Waals surface area contributed by atoms with Gasteiger partial charge in [-0.3, -0.25) is 9.78 Å². The zero-order chi connectivity index (χ0) is 40.8. The van der Waals surface area contributed by atoms with Gasteiger partial charge >= 0.3 is 24.1 Å². The van der Waals surface area contributed by atoms with E-state index in [1.54, 1.807) is 102 Å². The van der Waals surface area contributed by atoms with Crippen LogP contribution in [0.4, 0.5) is 13.2 Å². The average molecular weight is 763 g/mol. The number of carbonyl (C=O) groups is 4. The summed E-state index contributed by atoms with van der Waals surface area (Å²) < 4.78 is 67.1. The Balaban J connectivity index is 1.97. The predicted molar refractivity (Wildman–Crippen MR) is 198 cm³/mol. The van der Waals surface area contributed by atoms with Crippen LogP contribution >= 0.6 is 0 Å². The van der Waals surface area contributed by atoms with Crippen LogP contribution in [0.5, 0.6) is 0 Å². The summed E-state index contributed by atoms with van der Waals surface area (Å²) in [7, 11) is 0.732. The zero-order valence-electron chi connectivity index (χ0n) is 32.0. The number of amides is 1. The number of nitrogens with zero attached hydrogens (tertiary/aromatic N) is 1. The van der Waals surface area contributed by atoms with Crippen LogP contribution in [0.15, 0.2) is 91.0 Å². The summed E-state index contributed by atoms with van der Waals surface area (Å²) >= 11 is 0. The van der Waals surface area contributed by atoms with Gasteiger partial charge in [0.05, 0.1) is 22.5 Å². The molecule has 10 nitrogen and oxygen atoms in total. The maximum Gasteiger partial charge on any atom is 0.430 e. The lowest BCUT2D eigenvalue weighted by atomic mass is 9.89. The maximum atomic E-state index is 15.0. The molecule has 2 atom stereocenters. The molecule has 4 rings (SSSR count). The molecule has 13 heteroatoms. The summed E-state index contributed by atoms with van der Waals surface area (Å²) in [5, 5.41) is 2.22. The van der Waals surface area contributed by atoms with Crippen molar-refractivity contribution in [3.8, 4) is 11.1 Å². The van der Waals surface area contributed by atoms with Crippen LogP contribution in [-0.4, -0.2) is 59.3 Å². The molecule has 0 bridgehead atoms. The number of ether oxygens (including phenoxy) is 4. The molecule has 292 valence electrons. The highest BCUT2D eigenvalue weighted by Gasteiger charge is 2.63. The molecule has 4 aromatic rings. The first-order valence-electron chi connectivity index (χ1n) is 17.4. The molecule has 0 aliphatic rings. The topological polar surface area (TPSA) is 130 Å². The summed E-state index contributed by atoms with van der Waals surface area (Å²) in [4.78, 5) is 60.7. The fraction of sp³-hybridized carbons (Fsp3) is 0.357. The molecule has 0 unspecified atom stereocenters. The van der Waals surface area contributed by atoms with Crippen molar-refractivity contribution < 1.29 is 51.3 Å². The first-order chi connectivity index (χ1) is 25.7. The Morgan fingerprint density at radius 1 is 0.727 bits per heavy atom. The number of methoxy groups -OCH3 is 1. The Hall–Kier alpha value is -5.56. The van der Waals surface area contributed by atoms with E-state index in [9.17, 15) is 32.3 Å². The molecule has 0 aliphatic heterocycles. The normalized spacial score (nSPS) is 13.6. The highest BCUT2D eigenvalue weighted by atomic mass is 19.4. The highest BCUT2D eigenvalue weighted by Crippen LogP contribution is 2.42. The van der Waals surface area contributed by atoms with E-state index in [1.807, 2.05) is 0 Å². The SMILES string of the molecule is CO[C@](C(=O)N[C@@H](Cc1nc(C)c(C(=O)OC(C)(C)C)c(-c2ccccc2)c1C(=O)OC(C)(C)C)C(=O)OCc1ccccc1)(c1ccccc1)C(F)(F)F. The number of carbonyl (C=O) groups excluding carboxylic acids is 4. The van der Waals surface area contributed by atoms with Gasteiger partial charge in [-0.15, -0.1) is 0 Å². The van der Waals surface area contributed by atoms with Gasteiger partial charge in [0.15, 0.2) is 0 Å². The Morgan fingerprint density at radius 2 is 1.22 bits per heavy atom. The van der Waals surface area contributed by atoms with Gasteiger partial charge < -0.3 is 24.3 Å². The van der Waals surface area contributed by atoms with E-state index in [-0.39, 0.29) is 34.7 Å². The van der Waals surface area contributed by atoms with Crippen LogP contribution in [-0.2, 0) is 47.2 Å². The minimum absolute atomic E-state index is 0.0557. The van der Waals surface area contributed by atoms with Gasteiger partial charge in [-0.2, -0.15) is 13.2 Å². The molecule has 0 radical (unpaired) electrons. The summed E-state index contributed by atoms with van der Waals surface area (Å²) in [6, 6.07) is 21.2. The second-order valence-electron chi connectivity index (χ2n) is 14.7. The standard InChI is InChI=1S/C42H45F3N2O8/c1-26-32(36(49)54-39(2,3)4)33(28-20-14-10-15-21-28)34(37(50)55-40(5,6)7)30(46-26)24-31(35(48)53-25-27-18-12-9-13-19-27)47-38(51)41(52-8,42(43,44)45)29-22-16-11-17-23-29/h9-23,31H,24-25H2,1-8H3,(H,47,51)/t31-,41-/m0/s1. The maximum absolute atomic E-state index is 15.0. The van der Waals surface area contributed by atoms with Crippen molar-refractivity contribution in [2.45, 2.75) is 90.5 Å². The van der Waals surface area contributed by atoms with Crippen LogP contribution < -0.4 is 5.32 Å². The smallest absolute Gasteiger partial charge is 0.430 e. The second-order valence-corrected chi connectivity index (χ2v) is 14.7. The van der Waals surface area contributed by atoms with E-state index >= 15 is 0 Å². The van der Waals surface area contributed by atoms with E-state index in [0.717, 1.165) is 19.2 Å². The minimum atomic E-state index is -5.31. The lowest BCUT2D eigenvalue weighted by molar-refractivity contribution is -0.266. The van der Waals surface area contributed by atoms with Crippen molar-refractivity contribution in [1.82, 2.24) is 10.3 Å². The molecule has 0 fully saturated rings. The fourth-order valence-corrected chi connectivity index (χ4v) is 5.83. The second kappa shape index (κ2) is 16.8. The lowest BCUT2D eigenvalue weighted by Crippen LogP contribution is -2.59. The van der Waals surface area contributed by atoms with Crippen LogP contribution in [0.2, 0.25) is 0 Å². The van der Waals surface area contributed by atoms with Gasteiger partial charge in [0.1, 0.15) is 23.9 Å². The quantitative estimate of drug-likeness (QED) is 0.113. The summed E-state index contributed by atoms with van der Waals surface area (Å²) in [5.41, 5.74) is -5.57. The fourth-order valence-electron chi connectivity index (χ4n) is 5.83.